The number of aromatic nitrogens is 2. The maximum absolute atomic E-state index is 12.9. The monoisotopic (exact) mass is 368 g/mol. The quantitative estimate of drug-likeness (QED) is 0.864. The second-order valence-electron chi connectivity index (χ2n) is 5.41. The van der Waals surface area contributed by atoms with E-state index in [2.05, 4.69) is 26.3 Å². The van der Waals surface area contributed by atoms with Crippen LogP contribution in [0.4, 0.5) is 18.9 Å². The van der Waals surface area contributed by atoms with Crippen LogP contribution in [0.15, 0.2) is 15.5 Å². The van der Waals surface area contributed by atoms with Crippen molar-refractivity contribution in [3.8, 4) is 0 Å². The number of likely N-dealkylation sites (N-methyl/N-ethyl adjacent to an activating group) is 1. The Kier molecular flexibility index (Phi) is 4.34. The molecule has 1 aliphatic carbocycles. The van der Waals surface area contributed by atoms with Crippen LogP contribution in [0.1, 0.15) is 12.8 Å². The summed E-state index contributed by atoms with van der Waals surface area (Å²) in [7, 11) is 3.71. The van der Waals surface area contributed by atoms with Crippen LogP contribution in [0.5, 0.6) is 0 Å². The molecule has 0 unspecified atom stereocenters. The maximum Gasteiger partial charge on any atom is 0.411 e. The Labute approximate surface area is 128 Å². The van der Waals surface area contributed by atoms with E-state index in [1.807, 2.05) is 19.0 Å². The fraction of sp³-hybridized carbons (Fsp3) is 0.667. The van der Waals surface area contributed by atoms with E-state index in [-0.39, 0.29) is 23.0 Å². The molecular formula is C12H16BrF3N4O. The third-order valence-electron chi connectivity index (χ3n) is 3.41. The highest BCUT2D eigenvalue weighted by Gasteiger charge is 2.63. The van der Waals surface area contributed by atoms with Crippen LogP contribution in [-0.4, -0.2) is 47.0 Å². The molecule has 118 valence electrons. The zero-order valence-corrected chi connectivity index (χ0v) is 13.3. The molecule has 1 aromatic rings. The summed E-state index contributed by atoms with van der Waals surface area (Å²) in [5.41, 5.74) is -2.28. The Morgan fingerprint density at radius 3 is 2.57 bits per heavy atom. The summed E-state index contributed by atoms with van der Waals surface area (Å²) in [4.78, 5) is 14.0. The van der Waals surface area contributed by atoms with E-state index in [0.29, 0.717) is 13.1 Å². The molecule has 0 aromatic carbocycles. The minimum absolute atomic E-state index is 0.00660. The van der Waals surface area contributed by atoms with Crippen molar-refractivity contribution in [2.24, 2.45) is 0 Å². The molecule has 5 nitrogen and oxygen atoms in total. The fourth-order valence-corrected chi connectivity index (χ4v) is 2.27. The van der Waals surface area contributed by atoms with Crippen LogP contribution in [-0.2, 0) is 6.54 Å². The molecule has 1 fully saturated rings. The van der Waals surface area contributed by atoms with Gasteiger partial charge in [-0.1, -0.05) is 0 Å². The summed E-state index contributed by atoms with van der Waals surface area (Å²) >= 11 is 3.07. The highest BCUT2D eigenvalue weighted by molar-refractivity contribution is 9.10. The second-order valence-corrected chi connectivity index (χ2v) is 6.20. The SMILES string of the molecule is CN(C)CCn1ncc(NC2(C(F)(F)F)CC2)c(Br)c1=O. The van der Waals surface area contributed by atoms with E-state index < -0.39 is 17.3 Å². The summed E-state index contributed by atoms with van der Waals surface area (Å²) in [6, 6.07) is 0. The first-order valence-corrected chi connectivity index (χ1v) is 7.21. The van der Waals surface area contributed by atoms with Crippen LogP contribution in [0, 0.1) is 0 Å². The molecule has 1 saturated carbocycles. The molecule has 0 bridgehead atoms. The van der Waals surface area contributed by atoms with Gasteiger partial charge in [0.1, 0.15) is 10.0 Å². The zero-order valence-electron chi connectivity index (χ0n) is 11.7. The Morgan fingerprint density at radius 2 is 2.10 bits per heavy atom. The lowest BCUT2D eigenvalue weighted by Gasteiger charge is -2.22. The molecule has 1 aromatic heterocycles. The van der Waals surface area contributed by atoms with Gasteiger partial charge in [0.15, 0.2) is 0 Å². The summed E-state index contributed by atoms with van der Waals surface area (Å²) in [6.07, 6.45) is -3.07. The minimum Gasteiger partial charge on any atom is -0.369 e. The predicted molar refractivity (Wildman–Crippen MR) is 76.4 cm³/mol. The van der Waals surface area contributed by atoms with Crippen LogP contribution in [0.3, 0.4) is 0 Å². The van der Waals surface area contributed by atoms with Crippen molar-refractivity contribution in [1.82, 2.24) is 14.7 Å². The Bertz CT molecular complexity index is 581. The summed E-state index contributed by atoms with van der Waals surface area (Å²) in [5.74, 6) is 0. The third kappa shape index (κ3) is 3.39. The predicted octanol–water partition coefficient (Wildman–Crippen LogP) is 2.07. The van der Waals surface area contributed by atoms with Crippen molar-refractivity contribution < 1.29 is 13.2 Å². The van der Waals surface area contributed by atoms with Crippen molar-refractivity contribution in [2.75, 3.05) is 26.0 Å². The van der Waals surface area contributed by atoms with E-state index >= 15 is 0 Å². The fourth-order valence-electron chi connectivity index (χ4n) is 1.87. The van der Waals surface area contributed by atoms with Gasteiger partial charge in [-0.2, -0.15) is 18.3 Å². The first-order chi connectivity index (χ1) is 9.66. The molecule has 1 aliphatic rings. The average Bonchev–Trinajstić information content (AvgIpc) is 3.14. The zero-order chi connectivity index (χ0) is 15.8. The van der Waals surface area contributed by atoms with Gasteiger partial charge in [-0.05, 0) is 42.9 Å². The second kappa shape index (κ2) is 5.60. The number of nitrogens with one attached hydrogen (secondary N) is 1. The number of halogens is 4. The smallest absolute Gasteiger partial charge is 0.369 e. The van der Waals surface area contributed by atoms with Gasteiger partial charge in [0.2, 0.25) is 0 Å². The molecule has 0 atom stereocenters. The van der Waals surface area contributed by atoms with Crippen LogP contribution >= 0.6 is 15.9 Å². The van der Waals surface area contributed by atoms with Gasteiger partial charge in [0.25, 0.3) is 5.56 Å². The number of nitrogens with zero attached hydrogens (tertiary/aromatic N) is 3. The van der Waals surface area contributed by atoms with Crippen LogP contribution in [0.2, 0.25) is 0 Å². The molecule has 0 amide bonds. The largest absolute Gasteiger partial charge is 0.411 e. The Balaban J connectivity index is 2.20. The molecular weight excluding hydrogens is 353 g/mol. The minimum atomic E-state index is -4.34. The lowest BCUT2D eigenvalue weighted by atomic mass is 10.2. The van der Waals surface area contributed by atoms with E-state index in [4.69, 9.17) is 0 Å². The first-order valence-electron chi connectivity index (χ1n) is 6.41. The summed E-state index contributed by atoms with van der Waals surface area (Å²) in [6.45, 7) is 0.980. The summed E-state index contributed by atoms with van der Waals surface area (Å²) < 4.78 is 40.0. The Hall–Kier alpha value is -1.09. The molecule has 1 heterocycles. The van der Waals surface area contributed by atoms with Crippen LogP contribution in [0.25, 0.3) is 0 Å². The van der Waals surface area contributed by atoms with E-state index in [0.717, 1.165) is 0 Å². The number of hydrogen-bond acceptors (Lipinski definition) is 4. The molecule has 21 heavy (non-hydrogen) atoms. The van der Waals surface area contributed by atoms with Crippen molar-refractivity contribution >= 4 is 21.6 Å². The maximum atomic E-state index is 12.9. The average molecular weight is 369 g/mol. The number of alkyl halides is 3. The highest BCUT2D eigenvalue weighted by Crippen LogP contribution is 2.51. The van der Waals surface area contributed by atoms with Gasteiger partial charge in [0.05, 0.1) is 18.4 Å². The van der Waals surface area contributed by atoms with E-state index in [1.54, 1.807) is 0 Å². The van der Waals surface area contributed by atoms with Crippen molar-refractivity contribution in [3.05, 3.63) is 21.0 Å². The van der Waals surface area contributed by atoms with Gasteiger partial charge < -0.3 is 10.2 Å². The van der Waals surface area contributed by atoms with Crippen LogP contribution < -0.4 is 10.9 Å². The van der Waals surface area contributed by atoms with Gasteiger partial charge in [0, 0.05) is 6.54 Å². The molecule has 2 rings (SSSR count). The molecule has 9 heteroatoms. The first kappa shape index (κ1) is 16.3. The normalized spacial score (nSPS) is 17.1. The van der Waals surface area contributed by atoms with Crippen molar-refractivity contribution in [2.45, 2.75) is 31.1 Å². The molecule has 0 radical (unpaired) electrons. The highest BCUT2D eigenvalue weighted by atomic mass is 79.9. The van der Waals surface area contributed by atoms with Gasteiger partial charge in [-0.3, -0.25) is 4.79 Å². The third-order valence-corrected chi connectivity index (χ3v) is 4.18. The van der Waals surface area contributed by atoms with Gasteiger partial charge in [-0.25, -0.2) is 4.68 Å². The Morgan fingerprint density at radius 1 is 1.48 bits per heavy atom. The van der Waals surface area contributed by atoms with E-state index in [1.165, 1.54) is 10.9 Å². The summed E-state index contributed by atoms with van der Waals surface area (Å²) in [5, 5.41) is 6.34. The molecule has 0 saturated heterocycles. The van der Waals surface area contributed by atoms with Gasteiger partial charge >= 0.3 is 6.18 Å². The standard InChI is InChI=1S/C12H16BrF3N4O/c1-19(2)5-6-20-10(21)9(13)8(7-17-20)18-11(3-4-11)12(14,15)16/h7,18H,3-6H2,1-2H3. The van der Waals surface area contributed by atoms with Crippen molar-refractivity contribution in [3.63, 3.8) is 0 Å². The topological polar surface area (TPSA) is 50.2 Å². The molecule has 1 N–H and O–H groups in total. The molecule has 0 aliphatic heterocycles. The van der Waals surface area contributed by atoms with Gasteiger partial charge in [-0.15, -0.1) is 0 Å². The number of anilines is 1. The number of rotatable bonds is 5. The number of hydrogen-bond donors (Lipinski definition) is 1. The lowest BCUT2D eigenvalue weighted by molar-refractivity contribution is -0.151. The molecule has 0 spiro atoms. The van der Waals surface area contributed by atoms with E-state index in [9.17, 15) is 18.0 Å². The van der Waals surface area contributed by atoms with Crippen molar-refractivity contribution in [1.29, 1.82) is 0 Å². The lowest BCUT2D eigenvalue weighted by Crippen LogP contribution is -2.39.